The van der Waals surface area contributed by atoms with E-state index in [1.807, 2.05) is 0 Å². The molecule has 1 saturated carbocycles. The standard InChI is InChI=1S/C16H33NO/c1-3-5-7-10-15(11-8-6-4-2)17-14-16(18)12-9-13-16/h15,17-18H,3-14H2,1-2H3. The Morgan fingerprint density at radius 3 is 1.94 bits per heavy atom. The van der Waals surface area contributed by atoms with Crippen LogP contribution >= 0.6 is 0 Å². The highest BCUT2D eigenvalue weighted by molar-refractivity contribution is 4.90. The van der Waals surface area contributed by atoms with E-state index in [0.29, 0.717) is 6.04 Å². The first kappa shape index (κ1) is 16.0. The zero-order chi connectivity index (χ0) is 13.3. The van der Waals surface area contributed by atoms with Gasteiger partial charge in [0, 0.05) is 12.6 Å². The molecule has 0 aromatic heterocycles. The Balaban J connectivity index is 2.19. The van der Waals surface area contributed by atoms with Crippen LogP contribution in [0.3, 0.4) is 0 Å². The fourth-order valence-corrected chi connectivity index (χ4v) is 2.73. The van der Waals surface area contributed by atoms with Gasteiger partial charge >= 0.3 is 0 Å². The van der Waals surface area contributed by atoms with E-state index in [1.165, 1.54) is 57.8 Å². The van der Waals surface area contributed by atoms with Gasteiger partial charge in [0.15, 0.2) is 0 Å². The van der Waals surface area contributed by atoms with Crippen LogP contribution in [-0.4, -0.2) is 23.3 Å². The Hall–Kier alpha value is -0.0800. The van der Waals surface area contributed by atoms with Crippen molar-refractivity contribution < 1.29 is 5.11 Å². The zero-order valence-electron chi connectivity index (χ0n) is 12.5. The molecular formula is C16H33NO. The summed E-state index contributed by atoms with van der Waals surface area (Å²) in [6.45, 7) is 5.34. The van der Waals surface area contributed by atoms with Crippen molar-refractivity contribution in [3.05, 3.63) is 0 Å². The molecule has 1 rings (SSSR count). The van der Waals surface area contributed by atoms with Crippen LogP contribution < -0.4 is 5.32 Å². The summed E-state index contributed by atoms with van der Waals surface area (Å²) in [5.41, 5.74) is -0.367. The monoisotopic (exact) mass is 255 g/mol. The van der Waals surface area contributed by atoms with Gasteiger partial charge in [0.05, 0.1) is 5.60 Å². The van der Waals surface area contributed by atoms with E-state index >= 15 is 0 Å². The van der Waals surface area contributed by atoms with E-state index in [4.69, 9.17) is 0 Å². The molecule has 0 aromatic rings. The van der Waals surface area contributed by atoms with Crippen molar-refractivity contribution in [2.24, 2.45) is 0 Å². The fraction of sp³-hybridized carbons (Fsp3) is 1.00. The molecule has 0 amide bonds. The quantitative estimate of drug-likeness (QED) is 0.547. The summed E-state index contributed by atoms with van der Waals surface area (Å²) in [7, 11) is 0. The predicted molar refractivity (Wildman–Crippen MR) is 78.9 cm³/mol. The molecule has 0 saturated heterocycles. The van der Waals surface area contributed by atoms with Crippen LogP contribution in [0.4, 0.5) is 0 Å². The maximum Gasteiger partial charge on any atom is 0.0771 e. The van der Waals surface area contributed by atoms with Crippen molar-refractivity contribution in [1.29, 1.82) is 0 Å². The fourth-order valence-electron chi connectivity index (χ4n) is 2.73. The van der Waals surface area contributed by atoms with Crippen molar-refractivity contribution in [2.75, 3.05) is 6.54 Å². The van der Waals surface area contributed by atoms with Crippen molar-refractivity contribution >= 4 is 0 Å². The summed E-state index contributed by atoms with van der Waals surface area (Å²) in [5.74, 6) is 0. The minimum atomic E-state index is -0.367. The second kappa shape index (κ2) is 8.92. The molecule has 2 N–H and O–H groups in total. The normalized spacial score (nSPS) is 18.0. The molecular weight excluding hydrogens is 222 g/mol. The van der Waals surface area contributed by atoms with E-state index in [1.54, 1.807) is 0 Å². The van der Waals surface area contributed by atoms with Crippen molar-refractivity contribution in [3.8, 4) is 0 Å². The molecule has 2 nitrogen and oxygen atoms in total. The third-order valence-corrected chi connectivity index (χ3v) is 4.32. The molecule has 108 valence electrons. The highest BCUT2D eigenvalue weighted by Crippen LogP contribution is 2.31. The van der Waals surface area contributed by atoms with Crippen molar-refractivity contribution in [1.82, 2.24) is 5.32 Å². The molecule has 2 heteroatoms. The summed E-state index contributed by atoms with van der Waals surface area (Å²) in [6, 6.07) is 0.632. The largest absolute Gasteiger partial charge is 0.389 e. The van der Waals surface area contributed by atoms with Gasteiger partial charge in [-0.25, -0.2) is 0 Å². The van der Waals surface area contributed by atoms with Gasteiger partial charge in [0.1, 0.15) is 0 Å². The molecule has 18 heavy (non-hydrogen) atoms. The Morgan fingerprint density at radius 2 is 1.56 bits per heavy atom. The number of hydrogen-bond acceptors (Lipinski definition) is 2. The van der Waals surface area contributed by atoms with Crippen LogP contribution in [-0.2, 0) is 0 Å². The Kier molecular flexibility index (Phi) is 7.92. The first-order valence-corrected chi connectivity index (χ1v) is 8.16. The summed E-state index contributed by atoms with van der Waals surface area (Å²) in [5, 5.41) is 13.8. The van der Waals surface area contributed by atoms with Gasteiger partial charge in [-0.1, -0.05) is 52.4 Å². The molecule has 0 spiro atoms. The highest BCUT2D eigenvalue weighted by Gasteiger charge is 2.34. The number of hydrogen-bond donors (Lipinski definition) is 2. The van der Waals surface area contributed by atoms with E-state index < -0.39 is 0 Å². The van der Waals surface area contributed by atoms with Gasteiger partial charge in [-0.05, 0) is 32.1 Å². The number of unbranched alkanes of at least 4 members (excludes halogenated alkanes) is 4. The molecule has 0 atom stereocenters. The third kappa shape index (κ3) is 6.19. The Bertz CT molecular complexity index is 191. The molecule has 0 aliphatic heterocycles. The smallest absolute Gasteiger partial charge is 0.0771 e. The summed E-state index contributed by atoms with van der Waals surface area (Å²) in [4.78, 5) is 0. The molecule has 0 unspecified atom stereocenters. The van der Waals surface area contributed by atoms with E-state index in [9.17, 15) is 5.11 Å². The first-order chi connectivity index (χ1) is 8.70. The lowest BCUT2D eigenvalue weighted by atomic mass is 9.80. The van der Waals surface area contributed by atoms with Gasteiger partial charge in [0.25, 0.3) is 0 Å². The average Bonchev–Trinajstić information content (AvgIpc) is 2.33. The number of rotatable bonds is 11. The van der Waals surface area contributed by atoms with Gasteiger partial charge in [-0.2, -0.15) is 0 Å². The molecule has 1 fully saturated rings. The molecule has 0 radical (unpaired) electrons. The lowest BCUT2D eigenvalue weighted by Crippen LogP contribution is -2.48. The van der Waals surface area contributed by atoms with E-state index in [0.717, 1.165) is 19.4 Å². The molecule has 0 aromatic carbocycles. The maximum absolute atomic E-state index is 10.1. The lowest BCUT2D eigenvalue weighted by Gasteiger charge is -2.38. The van der Waals surface area contributed by atoms with Crippen molar-refractivity contribution in [3.63, 3.8) is 0 Å². The van der Waals surface area contributed by atoms with Gasteiger partial charge in [0.2, 0.25) is 0 Å². The summed E-state index contributed by atoms with van der Waals surface area (Å²) < 4.78 is 0. The molecule has 1 aliphatic carbocycles. The van der Waals surface area contributed by atoms with Crippen LogP contribution in [0.2, 0.25) is 0 Å². The SMILES string of the molecule is CCCCCC(CCCCC)NCC1(O)CCC1. The second-order valence-corrected chi connectivity index (χ2v) is 6.15. The second-order valence-electron chi connectivity index (χ2n) is 6.15. The van der Waals surface area contributed by atoms with Gasteiger partial charge in [-0.15, -0.1) is 0 Å². The van der Waals surface area contributed by atoms with Crippen molar-refractivity contribution in [2.45, 2.75) is 96.1 Å². The van der Waals surface area contributed by atoms with Gasteiger partial charge < -0.3 is 10.4 Å². The zero-order valence-corrected chi connectivity index (χ0v) is 12.5. The highest BCUT2D eigenvalue weighted by atomic mass is 16.3. The summed E-state index contributed by atoms with van der Waals surface area (Å²) >= 11 is 0. The van der Waals surface area contributed by atoms with Crippen LogP contribution in [0.25, 0.3) is 0 Å². The Labute approximate surface area is 114 Å². The number of aliphatic hydroxyl groups is 1. The average molecular weight is 255 g/mol. The van der Waals surface area contributed by atoms with Crippen LogP contribution in [0.15, 0.2) is 0 Å². The predicted octanol–water partition coefficient (Wildman–Crippen LogP) is 4.02. The molecule has 0 bridgehead atoms. The third-order valence-electron chi connectivity index (χ3n) is 4.32. The summed E-state index contributed by atoms with van der Waals surface area (Å²) in [6.07, 6.45) is 13.7. The number of nitrogens with one attached hydrogen (secondary N) is 1. The van der Waals surface area contributed by atoms with Gasteiger partial charge in [-0.3, -0.25) is 0 Å². The van der Waals surface area contributed by atoms with E-state index in [2.05, 4.69) is 19.2 Å². The topological polar surface area (TPSA) is 32.3 Å². The van der Waals surface area contributed by atoms with Crippen LogP contribution in [0, 0.1) is 0 Å². The van der Waals surface area contributed by atoms with Crippen LogP contribution in [0.5, 0.6) is 0 Å². The molecule has 1 aliphatic rings. The minimum absolute atomic E-state index is 0.367. The maximum atomic E-state index is 10.1. The first-order valence-electron chi connectivity index (χ1n) is 8.16. The minimum Gasteiger partial charge on any atom is -0.389 e. The lowest BCUT2D eigenvalue weighted by molar-refractivity contribution is -0.0336. The van der Waals surface area contributed by atoms with Crippen LogP contribution in [0.1, 0.15) is 84.5 Å². The molecule has 0 heterocycles. The Morgan fingerprint density at radius 1 is 1.00 bits per heavy atom. The van der Waals surface area contributed by atoms with E-state index in [-0.39, 0.29) is 5.60 Å².